The van der Waals surface area contributed by atoms with Crippen molar-refractivity contribution in [1.29, 1.82) is 0 Å². The van der Waals surface area contributed by atoms with E-state index in [2.05, 4.69) is 52.5 Å². The third kappa shape index (κ3) is 8.88. The molecule has 0 aromatic heterocycles. The van der Waals surface area contributed by atoms with Crippen molar-refractivity contribution in [3.63, 3.8) is 0 Å². The molecular formula is C18H32Cl2N4O. The van der Waals surface area contributed by atoms with E-state index in [1.807, 2.05) is 11.9 Å². The lowest BCUT2D eigenvalue weighted by molar-refractivity contribution is -0.132. The minimum Gasteiger partial charge on any atom is -0.340 e. The number of amides is 1. The molecule has 1 aliphatic rings. The van der Waals surface area contributed by atoms with Gasteiger partial charge in [-0.3, -0.25) is 9.69 Å². The van der Waals surface area contributed by atoms with Crippen LogP contribution in [0.1, 0.15) is 12.0 Å². The van der Waals surface area contributed by atoms with Crippen LogP contribution in [-0.4, -0.2) is 80.5 Å². The summed E-state index contributed by atoms with van der Waals surface area (Å²) < 4.78 is 0. The van der Waals surface area contributed by atoms with Crippen LogP contribution >= 0.6 is 24.8 Å². The molecule has 144 valence electrons. The molecule has 1 aromatic rings. The van der Waals surface area contributed by atoms with Crippen LogP contribution in [0.15, 0.2) is 30.3 Å². The Labute approximate surface area is 164 Å². The summed E-state index contributed by atoms with van der Waals surface area (Å²) in [5.74, 6) is 0.278. The Kier molecular flexibility index (Phi) is 12.9. The number of halogens is 2. The Morgan fingerprint density at radius 1 is 1.12 bits per heavy atom. The van der Waals surface area contributed by atoms with Crippen LogP contribution in [0.4, 0.5) is 0 Å². The maximum atomic E-state index is 12.0. The highest BCUT2D eigenvalue weighted by molar-refractivity contribution is 5.85. The molecule has 1 fully saturated rings. The van der Waals surface area contributed by atoms with Crippen molar-refractivity contribution in [2.45, 2.75) is 13.0 Å². The first kappa shape index (κ1) is 24.1. The minimum absolute atomic E-state index is 0. The van der Waals surface area contributed by atoms with Gasteiger partial charge in [-0.05, 0) is 19.7 Å². The molecule has 1 amide bonds. The smallest absolute Gasteiger partial charge is 0.223 e. The summed E-state index contributed by atoms with van der Waals surface area (Å²) in [7, 11) is 4.06. The zero-order valence-corrected chi connectivity index (χ0v) is 17.0. The van der Waals surface area contributed by atoms with Crippen molar-refractivity contribution >= 4 is 30.7 Å². The Morgan fingerprint density at radius 3 is 2.36 bits per heavy atom. The standard InChI is InChI=1S/C18H30N4O.2ClH/c1-19-9-8-18(23)22-14-12-21(13-15-22)11-10-20(2)16-17-6-4-3-5-7-17;;/h3-7,19H,8-16H2,1-2H3;2*1H. The Morgan fingerprint density at radius 2 is 1.76 bits per heavy atom. The van der Waals surface area contributed by atoms with Crippen LogP contribution in [0.5, 0.6) is 0 Å². The fraction of sp³-hybridized carbons (Fsp3) is 0.611. The van der Waals surface area contributed by atoms with Crippen molar-refractivity contribution in [3.8, 4) is 0 Å². The first-order chi connectivity index (χ1) is 11.2. The summed E-state index contributed by atoms with van der Waals surface area (Å²) in [6, 6.07) is 10.6. The SMILES string of the molecule is CNCCC(=O)N1CCN(CCN(C)Cc2ccccc2)CC1.Cl.Cl. The molecule has 0 bridgehead atoms. The number of hydrogen-bond donors (Lipinski definition) is 1. The topological polar surface area (TPSA) is 38.8 Å². The van der Waals surface area contributed by atoms with Crippen LogP contribution in [0, 0.1) is 0 Å². The highest BCUT2D eigenvalue weighted by Crippen LogP contribution is 2.05. The second-order valence-electron chi connectivity index (χ2n) is 6.30. The number of piperazine rings is 1. The number of nitrogens with zero attached hydrogens (tertiary/aromatic N) is 3. The van der Waals surface area contributed by atoms with Crippen molar-refractivity contribution in [2.75, 3.05) is 59.9 Å². The molecule has 1 N–H and O–H groups in total. The molecule has 0 radical (unpaired) electrons. The molecule has 1 heterocycles. The molecular weight excluding hydrogens is 359 g/mol. The molecule has 2 rings (SSSR count). The Balaban J connectivity index is 0.00000288. The number of rotatable bonds is 8. The van der Waals surface area contributed by atoms with E-state index in [9.17, 15) is 4.79 Å². The van der Waals surface area contributed by atoms with Crippen LogP contribution in [0.3, 0.4) is 0 Å². The molecule has 0 aliphatic carbocycles. The third-order valence-electron chi connectivity index (χ3n) is 4.41. The second kappa shape index (κ2) is 13.4. The van der Waals surface area contributed by atoms with Crippen molar-refractivity contribution < 1.29 is 4.79 Å². The summed E-state index contributed by atoms with van der Waals surface area (Å²) in [6.07, 6.45) is 0.607. The minimum atomic E-state index is 0. The number of carbonyl (C=O) groups is 1. The molecule has 0 atom stereocenters. The molecule has 1 aromatic carbocycles. The number of carbonyl (C=O) groups excluding carboxylic acids is 1. The molecule has 1 aliphatic heterocycles. The summed E-state index contributed by atoms with van der Waals surface area (Å²) in [5.41, 5.74) is 1.36. The van der Waals surface area contributed by atoms with Crippen LogP contribution in [0.2, 0.25) is 0 Å². The van der Waals surface area contributed by atoms with Gasteiger partial charge >= 0.3 is 0 Å². The van der Waals surface area contributed by atoms with E-state index in [1.165, 1.54) is 5.56 Å². The van der Waals surface area contributed by atoms with Crippen molar-refractivity contribution in [2.24, 2.45) is 0 Å². The van der Waals surface area contributed by atoms with Gasteiger partial charge in [0, 0.05) is 58.8 Å². The first-order valence-corrected chi connectivity index (χ1v) is 8.56. The Hall–Kier alpha value is -0.850. The Bertz CT molecular complexity index is 467. The normalized spacial score (nSPS) is 14.8. The van der Waals surface area contributed by atoms with Gasteiger partial charge in [-0.1, -0.05) is 30.3 Å². The zero-order chi connectivity index (χ0) is 16.5. The maximum Gasteiger partial charge on any atom is 0.223 e. The fourth-order valence-electron chi connectivity index (χ4n) is 2.90. The van der Waals surface area contributed by atoms with Crippen molar-refractivity contribution in [1.82, 2.24) is 20.0 Å². The summed E-state index contributed by atoms with van der Waals surface area (Å²) in [5, 5.41) is 3.04. The summed E-state index contributed by atoms with van der Waals surface area (Å²) in [4.78, 5) is 18.8. The average Bonchev–Trinajstić information content (AvgIpc) is 2.59. The summed E-state index contributed by atoms with van der Waals surface area (Å²) >= 11 is 0. The quantitative estimate of drug-likeness (QED) is 0.733. The van der Waals surface area contributed by atoms with Crippen molar-refractivity contribution in [3.05, 3.63) is 35.9 Å². The number of likely N-dealkylation sites (N-methyl/N-ethyl adjacent to an activating group) is 1. The van der Waals surface area contributed by atoms with Gasteiger partial charge in [0.2, 0.25) is 5.91 Å². The van der Waals surface area contributed by atoms with E-state index >= 15 is 0 Å². The van der Waals surface area contributed by atoms with Crippen LogP contribution in [-0.2, 0) is 11.3 Å². The lowest BCUT2D eigenvalue weighted by Gasteiger charge is -2.35. The molecule has 0 spiro atoms. The van der Waals surface area contributed by atoms with Gasteiger partial charge in [-0.25, -0.2) is 0 Å². The van der Waals surface area contributed by atoms with Gasteiger partial charge in [0.25, 0.3) is 0 Å². The molecule has 7 heteroatoms. The largest absolute Gasteiger partial charge is 0.340 e. The van der Waals surface area contributed by atoms with E-state index in [0.29, 0.717) is 6.42 Å². The molecule has 25 heavy (non-hydrogen) atoms. The van der Waals surface area contributed by atoms with Crippen LogP contribution in [0.25, 0.3) is 0 Å². The molecule has 5 nitrogen and oxygen atoms in total. The van der Waals surface area contributed by atoms with E-state index in [1.54, 1.807) is 0 Å². The summed E-state index contributed by atoms with van der Waals surface area (Å²) in [6.45, 7) is 7.60. The van der Waals surface area contributed by atoms with Crippen LogP contribution < -0.4 is 5.32 Å². The second-order valence-corrected chi connectivity index (χ2v) is 6.30. The highest BCUT2D eigenvalue weighted by atomic mass is 35.5. The van der Waals surface area contributed by atoms with Gasteiger partial charge in [0.15, 0.2) is 0 Å². The van der Waals surface area contributed by atoms with E-state index in [-0.39, 0.29) is 30.7 Å². The number of hydrogen-bond acceptors (Lipinski definition) is 4. The van der Waals surface area contributed by atoms with Gasteiger partial charge < -0.3 is 15.1 Å². The van der Waals surface area contributed by atoms with E-state index in [4.69, 9.17) is 0 Å². The third-order valence-corrected chi connectivity index (χ3v) is 4.41. The zero-order valence-electron chi connectivity index (χ0n) is 15.3. The van der Waals surface area contributed by atoms with E-state index < -0.39 is 0 Å². The lowest BCUT2D eigenvalue weighted by Crippen LogP contribution is -2.50. The van der Waals surface area contributed by atoms with Gasteiger partial charge in [0.1, 0.15) is 0 Å². The lowest BCUT2D eigenvalue weighted by atomic mass is 10.2. The number of nitrogens with one attached hydrogen (secondary N) is 1. The highest BCUT2D eigenvalue weighted by Gasteiger charge is 2.20. The molecule has 0 unspecified atom stereocenters. The van der Waals surface area contributed by atoms with Gasteiger partial charge in [0.05, 0.1) is 0 Å². The predicted octanol–water partition coefficient (Wildman–Crippen LogP) is 1.72. The fourth-order valence-corrected chi connectivity index (χ4v) is 2.90. The number of benzene rings is 1. The van der Waals surface area contributed by atoms with Gasteiger partial charge in [-0.15, -0.1) is 24.8 Å². The molecule has 1 saturated heterocycles. The maximum absolute atomic E-state index is 12.0. The average molecular weight is 391 g/mol. The predicted molar refractivity (Wildman–Crippen MR) is 109 cm³/mol. The first-order valence-electron chi connectivity index (χ1n) is 8.56. The van der Waals surface area contributed by atoms with Gasteiger partial charge in [-0.2, -0.15) is 0 Å². The van der Waals surface area contributed by atoms with E-state index in [0.717, 1.165) is 52.4 Å². The molecule has 0 saturated carbocycles. The monoisotopic (exact) mass is 390 g/mol.